The molecule has 7 heteroatoms. The summed E-state index contributed by atoms with van der Waals surface area (Å²) in [6.45, 7) is 10.2. The lowest BCUT2D eigenvalue weighted by Gasteiger charge is -2.26. The van der Waals surface area contributed by atoms with Crippen molar-refractivity contribution in [2.45, 2.75) is 59.5 Å². The highest BCUT2D eigenvalue weighted by molar-refractivity contribution is 5.92. The quantitative estimate of drug-likeness (QED) is 0.332. The van der Waals surface area contributed by atoms with E-state index in [0.717, 1.165) is 32.2 Å². The lowest BCUT2D eigenvalue weighted by molar-refractivity contribution is 0.233. The molecule has 3 rings (SSSR count). The third-order valence-electron chi connectivity index (χ3n) is 6.11. The normalized spacial score (nSPS) is 15.3. The van der Waals surface area contributed by atoms with Crippen LogP contribution in [-0.2, 0) is 0 Å². The molecule has 0 radical (unpaired) electrons. The molecule has 0 spiro atoms. The number of hydrogen-bond donors (Lipinski definition) is 4. The maximum atomic E-state index is 12.3. The molecule has 4 N–H and O–H groups in total. The van der Waals surface area contributed by atoms with Crippen molar-refractivity contribution < 1.29 is 14.6 Å². The zero-order chi connectivity index (χ0) is 24.5. The van der Waals surface area contributed by atoms with Crippen LogP contribution in [0.4, 0.5) is 10.5 Å². The number of nitrogens with zero attached hydrogens (tertiary/aromatic N) is 1. The van der Waals surface area contributed by atoms with Crippen molar-refractivity contribution in [2.75, 3.05) is 25.0 Å². The number of carbonyl (C=O) groups is 1. The van der Waals surface area contributed by atoms with E-state index in [1.54, 1.807) is 19.1 Å². The standard InChI is InChI=1S/C27H38N4O3/c1-5-7-16-28-27(33)30-25-19(3)23(32)14-15-24(25)34-18-11-17-31-20(4)29-26(22(31)6-2)21-12-9-8-10-13-21/h8-10,12-15,20,29,32H,5-7,11,16-18H2,1-4H3,(H2,28,30,33). The van der Waals surface area contributed by atoms with Crippen molar-refractivity contribution in [2.24, 2.45) is 0 Å². The van der Waals surface area contributed by atoms with Crippen molar-refractivity contribution >= 4 is 17.4 Å². The first-order valence-electron chi connectivity index (χ1n) is 12.3. The zero-order valence-electron chi connectivity index (χ0n) is 20.8. The van der Waals surface area contributed by atoms with Gasteiger partial charge in [-0.1, -0.05) is 50.6 Å². The molecule has 1 aliphatic heterocycles. The molecule has 34 heavy (non-hydrogen) atoms. The molecule has 0 aliphatic carbocycles. The number of carbonyl (C=O) groups excluding carboxylic acids is 1. The van der Waals surface area contributed by atoms with E-state index in [9.17, 15) is 9.90 Å². The molecule has 0 aromatic heterocycles. The summed E-state index contributed by atoms with van der Waals surface area (Å²) >= 11 is 0. The molecular formula is C27H38N4O3. The average Bonchev–Trinajstić information content (AvgIpc) is 3.16. The summed E-state index contributed by atoms with van der Waals surface area (Å²) in [5.74, 6) is 0.684. The van der Waals surface area contributed by atoms with Crippen molar-refractivity contribution in [3.63, 3.8) is 0 Å². The number of hydrogen-bond acceptors (Lipinski definition) is 5. The maximum absolute atomic E-state index is 12.3. The minimum atomic E-state index is -0.296. The van der Waals surface area contributed by atoms with Crippen LogP contribution in [0.2, 0.25) is 0 Å². The average molecular weight is 467 g/mol. The molecule has 0 bridgehead atoms. The Morgan fingerprint density at radius 2 is 1.91 bits per heavy atom. The Kier molecular flexibility index (Phi) is 9.08. The Bertz CT molecular complexity index is 991. The number of unbranched alkanes of at least 4 members (excludes halogenated alkanes) is 1. The van der Waals surface area contributed by atoms with Gasteiger partial charge in [0.05, 0.1) is 24.2 Å². The van der Waals surface area contributed by atoms with Crippen molar-refractivity contribution in [1.29, 1.82) is 0 Å². The molecule has 184 valence electrons. The summed E-state index contributed by atoms with van der Waals surface area (Å²) in [6.07, 6.45) is 3.90. The highest BCUT2D eigenvalue weighted by Crippen LogP contribution is 2.34. The van der Waals surface area contributed by atoms with E-state index in [0.29, 0.717) is 30.2 Å². The number of phenolic OH excluding ortho intramolecular Hbond substituents is 1. The largest absolute Gasteiger partial charge is 0.508 e. The first-order chi connectivity index (χ1) is 16.5. The second-order valence-corrected chi connectivity index (χ2v) is 8.57. The van der Waals surface area contributed by atoms with Crippen LogP contribution in [-0.4, -0.2) is 41.9 Å². The van der Waals surface area contributed by atoms with E-state index in [2.05, 4.69) is 65.9 Å². The molecule has 2 aromatic carbocycles. The molecule has 0 fully saturated rings. The maximum Gasteiger partial charge on any atom is 0.319 e. The first-order valence-corrected chi connectivity index (χ1v) is 12.3. The van der Waals surface area contributed by atoms with Crippen molar-refractivity contribution in [3.05, 3.63) is 59.3 Å². The van der Waals surface area contributed by atoms with Gasteiger partial charge in [0, 0.05) is 24.4 Å². The first kappa shape index (κ1) is 25.3. The van der Waals surface area contributed by atoms with Gasteiger partial charge in [-0.2, -0.15) is 0 Å². The number of allylic oxidation sites excluding steroid dienone is 1. The van der Waals surface area contributed by atoms with Crippen LogP contribution in [0.15, 0.2) is 48.2 Å². The molecule has 1 aliphatic rings. The van der Waals surface area contributed by atoms with Gasteiger partial charge in [0.1, 0.15) is 11.5 Å². The summed E-state index contributed by atoms with van der Waals surface area (Å²) in [6, 6.07) is 13.4. The van der Waals surface area contributed by atoms with Crippen molar-refractivity contribution in [1.82, 2.24) is 15.5 Å². The molecule has 2 amide bonds. The van der Waals surface area contributed by atoms with Gasteiger partial charge in [-0.05, 0) is 50.8 Å². The molecule has 1 atom stereocenters. The van der Waals surface area contributed by atoms with Crippen LogP contribution in [0.1, 0.15) is 57.6 Å². The van der Waals surface area contributed by atoms with Crippen LogP contribution in [0.25, 0.3) is 5.70 Å². The predicted molar refractivity (Wildman–Crippen MR) is 138 cm³/mol. The van der Waals surface area contributed by atoms with E-state index >= 15 is 0 Å². The number of anilines is 1. The van der Waals surface area contributed by atoms with E-state index in [-0.39, 0.29) is 17.9 Å². The number of phenols is 1. The third kappa shape index (κ3) is 6.16. The van der Waals surface area contributed by atoms with E-state index in [1.165, 1.54) is 17.0 Å². The van der Waals surface area contributed by atoms with Crippen LogP contribution in [0, 0.1) is 6.92 Å². The van der Waals surface area contributed by atoms with Gasteiger partial charge >= 0.3 is 6.03 Å². The Labute approximate surface area is 203 Å². The highest BCUT2D eigenvalue weighted by Gasteiger charge is 2.27. The topological polar surface area (TPSA) is 85.9 Å². The van der Waals surface area contributed by atoms with Crippen molar-refractivity contribution in [3.8, 4) is 11.5 Å². The van der Waals surface area contributed by atoms with Gasteiger partial charge in [0.15, 0.2) is 0 Å². The highest BCUT2D eigenvalue weighted by atomic mass is 16.5. The zero-order valence-corrected chi connectivity index (χ0v) is 20.8. The molecule has 0 saturated carbocycles. The molecule has 1 unspecified atom stereocenters. The number of ether oxygens (including phenoxy) is 1. The molecular weight excluding hydrogens is 428 g/mol. The van der Waals surface area contributed by atoms with Crippen LogP contribution < -0.4 is 20.7 Å². The number of urea groups is 1. The van der Waals surface area contributed by atoms with Gasteiger partial charge in [-0.3, -0.25) is 0 Å². The summed E-state index contributed by atoms with van der Waals surface area (Å²) in [4.78, 5) is 14.7. The SMILES string of the molecule is CCCCNC(=O)Nc1c(OCCCN2C(CC)=C(c3ccccc3)NC2C)ccc(O)c1C. The Hall–Kier alpha value is -3.35. The smallest absolute Gasteiger partial charge is 0.319 e. The number of aromatic hydroxyl groups is 1. The Balaban J connectivity index is 1.61. The number of amides is 2. The van der Waals surface area contributed by atoms with Gasteiger partial charge in [0.2, 0.25) is 0 Å². The predicted octanol–water partition coefficient (Wildman–Crippen LogP) is 5.42. The van der Waals surface area contributed by atoms with Gasteiger partial charge < -0.3 is 30.7 Å². The summed E-state index contributed by atoms with van der Waals surface area (Å²) in [7, 11) is 0. The number of nitrogens with one attached hydrogen (secondary N) is 3. The summed E-state index contributed by atoms with van der Waals surface area (Å²) < 4.78 is 6.06. The Morgan fingerprint density at radius 3 is 2.62 bits per heavy atom. The monoisotopic (exact) mass is 466 g/mol. The van der Waals surface area contributed by atoms with Gasteiger partial charge in [-0.15, -0.1) is 0 Å². The summed E-state index contributed by atoms with van der Waals surface area (Å²) in [5.41, 5.74) is 4.81. The van der Waals surface area contributed by atoms with E-state index in [4.69, 9.17) is 4.74 Å². The minimum Gasteiger partial charge on any atom is -0.508 e. The summed E-state index contributed by atoms with van der Waals surface area (Å²) in [5, 5.41) is 19.4. The van der Waals surface area contributed by atoms with E-state index in [1.807, 2.05) is 6.07 Å². The third-order valence-corrected chi connectivity index (χ3v) is 6.11. The van der Waals surface area contributed by atoms with Gasteiger partial charge in [-0.25, -0.2) is 4.79 Å². The minimum absolute atomic E-state index is 0.124. The second kappa shape index (κ2) is 12.2. The lowest BCUT2D eigenvalue weighted by Crippen LogP contribution is -2.35. The fraction of sp³-hybridized carbons (Fsp3) is 0.444. The van der Waals surface area contributed by atoms with Crippen LogP contribution >= 0.6 is 0 Å². The van der Waals surface area contributed by atoms with Crippen LogP contribution in [0.3, 0.4) is 0 Å². The molecule has 7 nitrogen and oxygen atoms in total. The fourth-order valence-corrected chi connectivity index (χ4v) is 4.22. The second-order valence-electron chi connectivity index (χ2n) is 8.57. The molecule has 1 heterocycles. The van der Waals surface area contributed by atoms with E-state index < -0.39 is 0 Å². The molecule has 0 saturated heterocycles. The molecule has 2 aromatic rings. The van der Waals surface area contributed by atoms with Gasteiger partial charge in [0.25, 0.3) is 0 Å². The fourth-order valence-electron chi connectivity index (χ4n) is 4.22. The number of benzene rings is 2. The van der Waals surface area contributed by atoms with Crippen LogP contribution in [0.5, 0.6) is 11.5 Å². The number of rotatable bonds is 11. The Morgan fingerprint density at radius 1 is 1.15 bits per heavy atom. The lowest BCUT2D eigenvalue weighted by atomic mass is 10.1.